The van der Waals surface area contributed by atoms with Crippen molar-refractivity contribution in [3.8, 4) is 0 Å². The highest BCUT2D eigenvalue weighted by Crippen LogP contribution is 2.14. The molecule has 3 nitrogen and oxygen atoms in total. The van der Waals surface area contributed by atoms with E-state index in [2.05, 4.69) is 35.4 Å². The second kappa shape index (κ2) is 6.50. The summed E-state index contributed by atoms with van der Waals surface area (Å²) in [4.78, 5) is 3.76. The van der Waals surface area contributed by atoms with Crippen LogP contribution in [0.3, 0.4) is 0 Å². The molecular formula is C15H19N3S. The summed E-state index contributed by atoms with van der Waals surface area (Å²) >= 11 is 1.79. The molecule has 4 heteroatoms. The van der Waals surface area contributed by atoms with Crippen LogP contribution >= 0.6 is 11.3 Å². The van der Waals surface area contributed by atoms with Gasteiger partial charge in [-0.15, -0.1) is 11.3 Å². The van der Waals surface area contributed by atoms with Gasteiger partial charge in [0.25, 0.3) is 0 Å². The van der Waals surface area contributed by atoms with Crippen molar-refractivity contribution >= 4 is 17.2 Å². The summed E-state index contributed by atoms with van der Waals surface area (Å²) < 4.78 is 0. The van der Waals surface area contributed by atoms with E-state index in [0.717, 1.165) is 25.2 Å². The Labute approximate surface area is 118 Å². The molecule has 2 aromatic rings. The van der Waals surface area contributed by atoms with E-state index < -0.39 is 0 Å². The lowest BCUT2D eigenvalue weighted by Gasteiger charge is -2.20. The molecule has 2 rings (SSSR count). The number of benzene rings is 1. The van der Waals surface area contributed by atoms with Crippen LogP contribution < -0.4 is 5.73 Å². The van der Waals surface area contributed by atoms with Crippen molar-refractivity contribution in [1.82, 2.24) is 4.90 Å². The van der Waals surface area contributed by atoms with Crippen LogP contribution in [0.25, 0.3) is 0 Å². The molecule has 0 fully saturated rings. The molecule has 0 amide bonds. The zero-order chi connectivity index (χ0) is 13.7. The van der Waals surface area contributed by atoms with E-state index in [9.17, 15) is 0 Å². The normalized spacial score (nSPS) is 10.8. The summed E-state index contributed by atoms with van der Waals surface area (Å²) in [5.41, 5.74) is 7.52. The highest BCUT2D eigenvalue weighted by molar-refractivity contribution is 7.09. The number of hydrogen-bond acceptors (Lipinski definition) is 3. The minimum absolute atomic E-state index is 0.128. The van der Waals surface area contributed by atoms with E-state index >= 15 is 0 Å². The van der Waals surface area contributed by atoms with E-state index in [-0.39, 0.29) is 5.84 Å². The Morgan fingerprint density at radius 2 is 2.11 bits per heavy atom. The number of amidine groups is 1. The van der Waals surface area contributed by atoms with E-state index in [4.69, 9.17) is 11.1 Å². The third kappa shape index (κ3) is 3.91. The lowest BCUT2D eigenvalue weighted by molar-refractivity contribution is 0.274. The highest BCUT2D eigenvalue weighted by Gasteiger charge is 2.06. The second-order valence-corrected chi connectivity index (χ2v) is 5.53. The van der Waals surface area contributed by atoms with E-state index in [1.165, 1.54) is 10.4 Å². The van der Waals surface area contributed by atoms with Crippen molar-refractivity contribution in [2.24, 2.45) is 5.73 Å². The first kappa shape index (κ1) is 13.8. The van der Waals surface area contributed by atoms with Gasteiger partial charge in [0.2, 0.25) is 0 Å². The molecular weight excluding hydrogens is 254 g/mol. The van der Waals surface area contributed by atoms with Gasteiger partial charge in [0.1, 0.15) is 5.84 Å². The quantitative estimate of drug-likeness (QED) is 0.628. The Morgan fingerprint density at radius 1 is 1.26 bits per heavy atom. The maximum Gasteiger partial charge on any atom is 0.122 e. The Balaban J connectivity index is 2.05. The van der Waals surface area contributed by atoms with Crippen molar-refractivity contribution < 1.29 is 0 Å². The summed E-state index contributed by atoms with van der Waals surface area (Å²) in [6.45, 7) is 5.03. The molecule has 1 aromatic carbocycles. The van der Waals surface area contributed by atoms with Crippen LogP contribution in [0, 0.1) is 5.41 Å². The highest BCUT2D eigenvalue weighted by atomic mass is 32.1. The molecule has 1 heterocycles. The van der Waals surface area contributed by atoms with Gasteiger partial charge in [0.05, 0.1) is 0 Å². The lowest BCUT2D eigenvalue weighted by atomic mass is 10.1. The SMILES string of the molecule is CCN(Cc1cccc(C(=N)N)c1)Cc1cccs1. The van der Waals surface area contributed by atoms with Gasteiger partial charge in [0, 0.05) is 23.5 Å². The molecule has 0 spiro atoms. The van der Waals surface area contributed by atoms with Crippen molar-refractivity contribution in [2.45, 2.75) is 20.0 Å². The Morgan fingerprint density at radius 3 is 2.74 bits per heavy atom. The smallest absolute Gasteiger partial charge is 0.122 e. The third-order valence-electron chi connectivity index (χ3n) is 3.05. The number of thiophene rings is 1. The largest absolute Gasteiger partial charge is 0.384 e. The maximum absolute atomic E-state index is 7.48. The van der Waals surface area contributed by atoms with Crippen molar-refractivity contribution in [3.63, 3.8) is 0 Å². The molecule has 0 aliphatic rings. The zero-order valence-corrected chi connectivity index (χ0v) is 11.9. The molecule has 0 bridgehead atoms. The van der Waals surface area contributed by atoms with Crippen molar-refractivity contribution in [2.75, 3.05) is 6.54 Å². The summed E-state index contributed by atoms with van der Waals surface area (Å²) in [5, 5.41) is 9.59. The van der Waals surface area contributed by atoms with Gasteiger partial charge in [-0.25, -0.2) is 0 Å². The summed E-state index contributed by atoms with van der Waals surface area (Å²) in [6.07, 6.45) is 0. The zero-order valence-electron chi connectivity index (χ0n) is 11.1. The Hall–Kier alpha value is -1.65. The number of rotatable bonds is 6. The fourth-order valence-corrected chi connectivity index (χ4v) is 2.74. The Kier molecular flexibility index (Phi) is 4.71. The number of nitrogen functional groups attached to an aromatic ring is 1. The first-order valence-corrected chi connectivity index (χ1v) is 7.25. The average Bonchev–Trinajstić information content (AvgIpc) is 2.91. The van der Waals surface area contributed by atoms with Crippen molar-refractivity contribution in [3.05, 3.63) is 57.8 Å². The molecule has 0 aliphatic heterocycles. The molecule has 0 radical (unpaired) electrons. The van der Waals surface area contributed by atoms with Crippen LogP contribution in [0.15, 0.2) is 41.8 Å². The fourth-order valence-electron chi connectivity index (χ4n) is 2.00. The summed E-state index contributed by atoms with van der Waals surface area (Å²) in [5.74, 6) is 0.128. The third-order valence-corrected chi connectivity index (χ3v) is 3.91. The first-order valence-electron chi connectivity index (χ1n) is 6.37. The first-order chi connectivity index (χ1) is 9.19. The monoisotopic (exact) mass is 273 g/mol. The number of nitrogens with two attached hydrogens (primary N) is 1. The number of hydrogen-bond donors (Lipinski definition) is 2. The van der Waals surface area contributed by atoms with Gasteiger partial charge in [0.15, 0.2) is 0 Å². The van der Waals surface area contributed by atoms with Crippen LogP contribution in [0.1, 0.15) is 22.9 Å². The van der Waals surface area contributed by atoms with Crippen LogP contribution in [-0.2, 0) is 13.1 Å². The van der Waals surface area contributed by atoms with Gasteiger partial charge in [-0.2, -0.15) is 0 Å². The van der Waals surface area contributed by atoms with E-state index in [1.54, 1.807) is 11.3 Å². The van der Waals surface area contributed by atoms with Gasteiger partial charge in [-0.3, -0.25) is 10.3 Å². The predicted molar refractivity (Wildman–Crippen MR) is 81.6 cm³/mol. The van der Waals surface area contributed by atoms with Gasteiger partial charge >= 0.3 is 0 Å². The molecule has 0 unspecified atom stereocenters. The lowest BCUT2D eigenvalue weighted by Crippen LogP contribution is -2.22. The van der Waals surface area contributed by atoms with Crippen LogP contribution in [-0.4, -0.2) is 17.3 Å². The minimum atomic E-state index is 0.128. The van der Waals surface area contributed by atoms with Gasteiger partial charge in [-0.05, 0) is 29.6 Å². The number of nitrogens with one attached hydrogen (secondary N) is 1. The Bertz CT molecular complexity index is 534. The van der Waals surface area contributed by atoms with Gasteiger partial charge in [-0.1, -0.05) is 31.2 Å². The topological polar surface area (TPSA) is 53.1 Å². The molecule has 0 atom stereocenters. The van der Waals surface area contributed by atoms with Crippen molar-refractivity contribution in [1.29, 1.82) is 5.41 Å². The number of nitrogens with zero attached hydrogens (tertiary/aromatic N) is 1. The molecule has 0 saturated heterocycles. The molecule has 3 N–H and O–H groups in total. The maximum atomic E-state index is 7.48. The molecule has 1 aromatic heterocycles. The van der Waals surface area contributed by atoms with E-state index in [0.29, 0.717) is 0 Å². The summed E-state index contributed by atoms with van der Waals surface area (Å²) in [6, 6.07) is 12.2. The molecule has 100 valence electrons. The molecule has 0 saturated carbocycles. The van der Waals surface area contributed by atoms with Crippen LogP contribution in [0.2, 0.25) is 0 Å². The van der Waals surface area contributed by atoms with Crippen LogP contribution in [0.4, 0.5) is 0 Å². The molecule has 0 aliphatic carbocycles. The average molecular weight is 273 g/mol. The second-order valence-electron chi connectivity index (χ2n) is 4.50. The van der Waals surface area contributed by atoms with Gasteiger partial charge < -0.3 is 5.73 Å². The fraction of sp³-hybridized carbons (Fsp3) is 0.267. The standard InChI is InChI=1S/C15H19N3S/c1-2-18(11-14-7-4-8-19-14)10-12-5-3-6-13(9-12)15(16)17/h3-9H,2,10-11H2,1H3,(H3,16,17). The summed E-state index contributed by atoms with van der Waals surface area (Å²) in [7, 11) is 0. The van der Waals surface area contributed by atoms with Crippen LogP contribution in [0.5, 0.6) is 0 Å². The predicted octanol–water partition coefficient (Wildman–Crippen LogP) is 3.05. The minimum Gasteiger partial charge on any atom is -0.384 e. The van der Waals surface area contributed by atoms with E-state index in [1.807, 2.05) is 18.2 Å². The molecule has 19 heavy (non-hydrogen) atoms.